The first kappa shape index (κ1) is 16.6. The second-order valence-electron chi connectivity index (χ2n) is 5.04. The van der Waals surface area contributed by atoms with Gasteiger partial charge < -0.3 is 14.5 Å². The minimum Gasteiger partial charge on any atom is -0.460 e. The summed E-state index contributed by atoms with van der Waals surface area (Å²) >= 11 is 6.09. The van der Waals surface area contributed by atoms with Gasteiger partial charge in [0.15, 0.2) is 0 Å². The van der Waals surface area contributed by atoms with Gasteiger partial charge in [-0.2, -0.15) is 0 Å². The molecule has 1 heterocycles. The van der Waals surface area contributed by atoms with Crippen molar-refractivity contribution in [2.45, 2.75) is 6.92 Å². The smallest absolute Gasteiger partial charge is 0.375 e. The largest absolute Gasteiger partial charge is 0.460 e. The topological polar surface area (TPSA) is 57.2 Å². The number of halogens is 1. The standard InChI is InChI=1S/C15H21ClN4O2/c1-3-22-15(21)14(20-10-8-19(2)9-11-20)18-17-13-7-5-4-6-12(13)16/h4-7,17H,3,8-11H2,1-2H3. The lowest BCUT2D eigenvalue weighted by molar-refractivity contribution is -0.136. The summed E-state index contributed by atoms with van der Waals surface area (Å²) in [4.78, 5) is 16.3. The molecule has 1 aliphatic rings. The fourth-order valence-corrected chi connectivity index (χ4v) is 2.30. The third kappa shape index (κ3) is 4.35. The van der Waals surface area contributed by atoms with Crippen LogP contribution < -0.4 is 5.43 Å². The number of nitrogens with one attached hydrogen (secondary N) is 1. The zero-order valence-electron chi connectivity index (χ0n) is 12.9. The van der Waals surface area contributed by atoms with Gasteiger partial charge in [0.25, 0.3) is 0 Å². The van der Waals surface area contributed by atoms with E-state index in [0.29, 0.717) is 17.3 Å². The molecule has 1 aromatic carbocycles. The van der Waals surface area contributed by atoms with Gasteiger partial charge in [-0.1, -0.05) is 23.7 Å². The predicted molar refractivity (Wildman–Crippen MR) is 88.2 cm³/mol. The zero-order chi connectivity index (χ0) is 15.9. The van der Waals surface area contributed by atoms with Gasteiger partial charge in [-0.3, -0.25) is 5.43 Å². The Morgan fingerprint density at radius 1 is 1.32 bits per heavy atom. The number of amidine groups is 1. The molecular weight excluding hydrogens is 304 g/mol. The minimum absolute atomic E-state index is 0.287. The molecule has 0 saturated carbocycles. The Labute approximate surface area is 135 Å². The SMILES string of the molecule is CCOC(=O)C(=NNc1ccccc1Cl)N1CCN(C)CC1. The predicted octanol–water partition coefficient (Wildman–Crippen LogP) is 1.88. The van der Waals surface area contributed by atoms with Gasteiger partial charge in [0.2, 0.25) is 5.84 Å². The van der Waals surface area contributed by atoms with Crippen molar-refractivity contribution in [3.63, 3.8) is 0 Å². The van der Waals surface area contributed by atoms with Crippen LogP contribution in [0.2, 0.25) is 5.02 Å². The molecule has 0 radical (unpaired) electrons. The highest BCUT2D eigenvalue weighted by Gasteiger charge is 2.24. The van der Waals surface area contributed by atoms with Crippen LogP contribution in [0.1, 0.15) is 6.92 Å². The van der Waals surface area contributed by atoms with E-state index in [1.54, 1.807) is 19.1 Å². The number of hydrazone groups is 1. The van der Waals surface area contributed by atoms with Crippen LogP contribution >= 0.6 is 11.6 Å². The Bertz CT molecular complexity index is 542. The lowest BCUT2D eigenvalue weighted by Gasteiger charge is -2.33. The van der Waals surface area contributed by atoms with E-state index < -0.39 is 5.97 Å². The molecule has 0 spiro atoms. The number of likely N-dealkylation sites (N-methyl/N-ethyl adjacent to an activating group) is 1. The quantitative estimate of drug-likeness (QED) is 0.398. The van der Waals surface area contributed by atoms with Gasteiger partial charge >= 0.3 is 5.97 Å². The number of esters is 1. The lowest BCUT2D eigenvalue weighted by Crippen LogP contribution is -2.50. The number of anilines is 1. The summed E-state index contributed by atoms with van der Waals surface area (Å²) in [6, 6.07) is 7.26. The third-order valence-corrected chi connectivity index (χ3v) is 3.75. The molecule has 2 rings (SSSR count). The van der Waals surface area contributed by atoms with Gasteiger partial charge in [0.05, 0.1) is 17.3 Å². The molecule has 0 aromatic heterocycles. The molecule has 1 N–H and O–H groups in total. The first-order valence-electron chi connectivity index (χ1n) is 7.30. The number of hydrogen-bond acceptors (Lipinski definition) is 5. The summed E-state index contributed by atoms with van der Waals surface area (Å²) in [6.45, 7) is 5.32. The van der Waals surface area contributed by atoms with Gasteiger partial charge in [0, 0.05) is 26.2 Å². The van der Waals surface area contributed by atoms with Crippen LogP contribution in [0, 0.1) is 0 Å². The van der Waals surface area contributed by atoms with E-state index in [-0.39, 0.29) is 5.84 Å². The second kappa shape index (κ2) is 8.00. The maximum Gasteiger partial charge on any atom is 0.375 e. The molecule has 0 amide bonds. The number of rotatable bonds is 3. The third-order valence-electron chi connectivity index (χ3n) is 3.42. The molecule has 1 aromatic rings. The van der Waals surface area contributed by atoms with E-state index >= 15 is 0 Å². The average Bonchev–Trinajstić information content (AvgIpc) is 2.51. The molecule has 6 nitrogen and oxygen atoms in total. The summed E-state index contributed by atoms with van der Waals surface area (Å²) in [5.41, 5.74) is 3.51. The van der Waals surface area contributed by atoms with E-state index in [4.69, 9.17) is 16.3 Å². The normalized spacial score (nSPS) is 16.5. The molecule has 1 aliphatic heterocycles. The average molecular weight is 325 g/mol. The maximum absolute atomic E-state index is 12.1. The minimum atomic E-state index is -0.424. The van der Waals surface area contributed by atoms with Gasteiger partial charge in [-0.25, -0.2) is 4.79 Å². The lowest BCUT2D eigenvalue weighted by atomic mass is 10.3. The Balaban J connectivity index is 2.15. The summed E-state index contributed by atoms with van der Waals surface area (Å²) < 4.78 is 5.10. The van der Waals surface area contributed by atoms with E-state index in [9.17, 15) is 4.79 Å². The van der Waals surface area contributed by atoms with Crippen molar-refractivity contribution in [1.82, 2.24) is 9.80 Å². The number of nitrogens with zero attached hydrogens (tertiary/aromatic N) is 3. The summed E-state index contributed by atoms with van der Waals surface area (Å²) in [7, 11) is 2.06. The molecule has 120 valence electrons. The number of piperazine rings is 1. The van der Waals surface area contributed by atoms with E-state index in [1.807, 2.05) is 17.0 Å². The molecular formula is C15H21ClN4O2. The fraction of sp³-hybridized carbons (Fsp3) is 0.467. The molecule has 1 fully saturated rings. The molecule has 1 saturated heterocycles. The highest BCUT2D eigenvalue weighted by Crippen LogP contribution is 2.20. The molecule has 22 heavy (non-hydrogen) atoms. The van der Waals surface area contributed by atoms with Crippen LogP contribution in [0.5, 0.6) is 0 Å². The number of carbonyl (C=O) groups is 1. The van der Waals surface area contributed by atoms with Crippen LogP contribution in [0.3, 0.4) is 0 Å². The maximum atomic E-state index is 12.1. The van der Waals surface area contributed by atoms with Gasteiger partial charge in [0.1, 0.15) is 0 Å². The number of hydrogen-bond donors (Lipinski definition) is 1. The number of carbonyl (C=O) groups excluding carboxylic acids is 1. The molecule has 0 atom stereocenters. The van der Waals surface area contributed by atoms with Crippen LogP contribution in [-0.4, -0.2) is 61.4 Å². The highest BCUT2D eigenvalue weighted by molar-refractivity contribution is 6.35. The van der Waals surface area contributed by atoms with Crippen molar-refractivity contribution in [3.05, 3.63) is 29.3 Å². The van der Waals surface area contributed by atoms with Crippen LogP contribution in [0.25, 0.3) is 0 Å². The Morgan fingerprint density at radius 3 is 2.64 bits per heavy atom. The number of ether oxygens (including phenoxy) is 1. The van der Waals surface area contributed by atoms with Crippen molar-refractivity contribution < 1.29 is 9.53 Å². The second-order valence-corrected chi connectivity index (χ2v) is 5.45. The van der Waals surface area contributed by atoms with Gasteiger partial charge in [-0.05, 0) is 26.1 Å². The van der Waals surface area contributed by atoms with E-state index in [2.05, 4.69) is 22.5 Å². The van der Waals surface area contributed by atoms with Crippen LogP contribution in [-0.2, 0) is 9.53 Å². The Kier molecular flexibility index (Phi) is 6.03. The van der Waals surface area contributed by atoms with Gasteiger partial charge in [-0.15, -0.1) is 5.10 Å². The Morgan fingerprint density at radius 2 is 2.00 bits per heavy atom. The summed E-state index contributed by atoms with van der Waals surface area (Å²) in [5, 5.41) is 4.79. The van der Waals surface area contributed by atoms with Crippen molar-refractivity contribution in [1.29, 1.82) is 0 Å². The Hall–Kier alpha value is -1.79. The fourth-order valence-electron chi connectivity index (χ4n) is 2.12. The molecule has 0 unspecified atom stereocenters. The van der Waals surface area contributed by atoms with Crippen molar-refractivity contribution >= 4 is 29.1 Å². The summed E-state index contributed by atoms with van der Waals surface area (Å²) in [5.74, 6) is -0.138. The van der Waals surface area contributed by atoms with Crippen LogP contribution in [0.4, 0.5) is 5.69 Å². The number of para-hydroxylation sites is 1. The van der Waals surface area contributed by atoms with E-state index in [1.165, 1.54) is 0 Å². The zero-order valence-corrected chi connectivity index (χ0v) is 13.6. The van der Waals surface area contributed by atoms with Crippen molar-refractivity contribution in [3.8, 4) is 0 Å². The first-order chi connectivity index (χ1) is 10.6. The highest BCUT2D eigenvalue weighted by atomic mass is 35.5. The van der Waals surface area contributed by atoms with E-state index in [0.717, 1.165) is 26.2 Å². The molecule has 7 heteroatoms. The molecule has 0 aliphatic carbocycles. The summed E-state index contributed by atoms with van der Waals surface area (Å²) in [6.07, 6.45) is 0. The first-order valence-corrected chi connectivity index (χ1v) is 7.68. The van der Waals surface area contributed by atoms with Crippen LogP contribution in [0.15, 0.2) is 29.4 Å². The van der Waals surface area contributed by atoms with Crippen molar-refractivity contribution in [2.75, 3.05) is 45.3 Å². The number of benzene rings is 1. The van der Waals surface area contributed by atoms with Crippen molar-refractivity contribution in [2.24, 2.45) is 5.10 Å². The monoisotopic (exact) mass is 324 g/mol. The molecule has 0 bridgehead atoms.